The lowest BCUT2D eigenvalue weighted by molar-refractivity contribution is -0.118. The Kier molecular flexibility index (Phi) is 5.71. The van der Waals surface area contributed by atoms with Crippen LogP contribution in [0.3, 0.4) is 0 Å². The molecular weight excluding hydrogens is 350 g/mol. The van der Waals surface area contributed by atoms with Gasteiger partial charge in [0.15, 0.2) is 6.61 Å². The number of hydrogen-bond donors (Lipinski definition) is 2. The first-order valence-electron chi connectivity index (χ1n) is 8.06. The molecule has 1 amide bonds. The minimum atomic E-state index is -0.267. The number of carbonyl (C=O) groups is 1. The normalized spacial score (nSPS) is 10.2. The molecule has 1 aromatic heterocycles. The van der Waals surface area contributed by atoms with E-state index in [1.165, 1.54) is 0 Å². The van der Waals surface area contributed by atoms with Crippen molar-refractivity contribution in [2.24, 2.45) is 0 Å². The lowest BCUT2D eigenvalue weighted by Crippen LogP contribution is -2.20. The van der Waals surface area contributed by atoms with E-state index in [1.807, 2.05) is 49.4 Å². The van der Waals surface area contributed by atoms with Gasteiger partial charge in [0.05, 0.1) is 11.9 Å². The van der Waals surface area contributed by atoms with Gasteiger partial charge in [-0.05, 0) is 55.5 Å². The van der Waals surface area contributed by atoms with Crippen molar-refractivity contribution in [2.75, 3.05) is 17.2 Å². The second kappa shape index (κ2) is 8.36. The monoisotopic (exact) mass is 367 g/mol. The number of halogens is 1. The molecule has 0 aliphatic rings. The summed E-state index contributed by atoms with van der Waals surface area (Å²) in [4.78, 5) is 16.2. The molecule has 2 aromatic carbocycles. The van der Waals surface area contributed by atoms with Crippen LogP contribution in [0.5, 0.6) is 5.75 Å². The highest BCUT2D eigenvalue weighted by molar-refractivity contribution is 6.30. The Morgan fingerprint density at radius 1 is 1.00 bits per heavy atom. The van der Waals surface area contributed by atoms with Crippen molar-refractivity contribution in [1.82, 2.24) is 4.98 Å². The Labute approximate surface area is 157 Å². The van der Waals surface area contributed by atoms with E-state index in [2.05, 4.69) is 15.6 Å². The topological polar surface area (TPSA) is 63.2 Å². The Balaban J connectivity index is 1.50. The number of pyridine rings is 1. The fourth-order valence-electron chi connectivity index (χ4n) is 2.20. The SMILES string of the molecule is Cc1ccc(OCC(=O)Nc2ccc(Nc3ccc(Cl)cc3)cn2)cc1. The first-order chi connectivity index (χ1) is 12.6. The number of rotatable bonds is 6. The van der Waals surface area contributed by atoms with Crippen molar-refractivity contribution >= 4 is 34.7 Å². The summed E-state index contributed by atoms with van der Waals surface area (Å²) in [6.45, 7) is 1.92. The molecule has 0 atom stereocenters. The minimum Gasteiger partial charge on any atom is -0.484 e. The predicted molar refractivity (Wildman–Crippen MR) is 104 cm³/mol. The van der Waals surface area contributed by atoms with Crippen LogP contribution in [0.15, 0.2) is 66.9 Å². The first kappa shape index (κ1) is 17.8. The van der Waals surface area contributed by atoms with Gasteiger partial charge in [-0.15, -0.1) is 0 Å². The molecule has 0 radical (unpaired) electrons. The van der Waals surface area contributed by atoms with E-state index < -0.39 is 0 Å². The first-order valence-corrected chi connectivity index (χ1v) is 8.44. The third kappa shape index (κ3) is 5.22. The number of aryl methyl sites for hydroxylation is 1. The molecule has 0 saturated carbocycles. The molecule has 0 aliphatic carbocycles. The van der Waals surface area contributed by atoms with E-state index in [4.69, 9.17) is 16.3 Å². The molecule has 26 heavy (non-hydrogen) atoms. The summed E-state index contributed by atoms with van der Waals surface area (Å²) in [5, 5.41) is 6.59. The zero-order chi connectivity index (χ0) is 18.4. The van der Waals surface area contributed by atoms with Crippen molar-refractivity contribution in [1.29, 1.82) is 0 Å². The molecule has 0 unspecified atom stereocenters. The van der Waals surface area contributed by atoms with Crippen LogP contribution in [-0.4, -0.2) is 17.5 Å². The molecule has 1 heterocycles. The van der Waals surface area contributed by atoms with Gasteiger partial charge in [-0.3, -0.25) is 4.79 Å². The van der Waals surface area contributed by atoms with Gasteiger partial charge in [0, 0.05) is 10.7 Å². The third-order valence-corrected chi connectivity index (χ3v) is 3.81. The summed E-state index contributed by atoms with van der Waals surface area (Å²) in [6.07, 6.45) is 1.64. The lowest BCUT2D eigenvalue weighted by atomic mass is 10.2. The Morgan fingerprint density at radius 3 is 2.35 bits per heavy atom. The average Bonchev–Trinajstić information content (AvgIpc) is 2.65. The minimum absolute atomic E-state index is 0.0739. The van der Waals surface area contributed by atoms with Crippen LogP contribution < -0.4 is 15.4 Å². The van der Waals surface area contributed by atoms with Crippen LogP contribution in [0.1, 0.15) is 5.56 Å². The molecule has 2 N–H and O–H groups in total. The number of benzene rings is 2. The van der Waals surface area contributed by atoms with Gasteiger partial charge in [0.1, 0.15) is 11.6 Å². The number of nitrogens with zero attached hydrogens (tertiary/aromatic N) is 1. The highest BCUT2D eigenvalue weighted by Crippen LogP contribution is 2.19. The largest absolute Gasteiger partial charge is 0.484 e. The Morgan fingerprint density at radius 2 is 1.69 bits per heavy atom. The molecule has 0 spiro atoms. The molecule has 5 nitrogen and oxygen atoms in total. The molecule has 6 heteroatoms. The zero-order valence-electron chi connectivity index (χ0n) is 14.2. The smallest absolute Gasteiger partial charge is 0.263 e. The van der Waals surface area contributed by atoms with Crippen molar-refractivity contribution in [3.8, 4) is 5.75 Å². The second-order valence-electron chi connectivity index (χ2n) is 5.71. The number of carbonyl (C=O) groups excluding carboxylic acids is 1. The maximum Gasteiger partial charge on any atom is 0.263 e. The molecule has 0 bridgehead atoms. The van der Waals surface area contributed by atoms with Crippen LogP contribution in [0, 0.1) is 6.92 Å². The van der Waals surface area contributed by atoms with Gasteiger partial charge in [-0.1, -0.05) is 29.3 Å². The molecule has 0 aliphatic heterocycles. The fourth-order valence-corrected chi connectivity index (χ4v) is 2.33. The molecule has 0 fully saturated rings. The summed E-state index contributed by atoms with van der Waals surface area (Å²) < 4.78 is 5.44. The van der Waals surface area contributed by atoms with Crippen molar-refractivity contribution in [3.63, 3.8) is 0 Å². The number of nitrogens with one attached hydrogen (secondary N) is 2. The van der Waals surface area contributed by atoms with E-state index >= 15 is 0 Å². The number of amides is 1. The summed E-state index contributed by atoms with van der Waals surface area (Å²) in [7, 11) is 0. The van der Waals surface area contributed by atoms with Crippen LogP contribution in [0.25, 0.3) is 0 Å². The highest BCUT2D eigenvalue weighted by Gasteiger charge is 2.05. The summed E-state index contributed by atoms with van der Waals surface area (Å²) >= 11 is 5.86. The zero-order valence-corrected chi connectivity index (χ0v) is 15.0. The number of ether oxygens (including phenoxy) is 1. The van der Waals surface area contributed by atoms with Gasteiger partial charge in [0.25, 0.3) is 5.91 Å². The van der Waals surface area contributed by atoms with E-state index in [-0.39, 0.29) is 12.5 Å². The Hall–Kier alpha value is -3.05. The number of hydrogen-bond acceptors (Lipinski definition) is 4. The van der Waals surface area contributed by atoms with Crippen molar-refractivity contribution < 1.29 is 9.53 Å². The maximum absolute atomic E-state index is 12.0. The lowest BCUT2D eigenvalue weighted by Gasteiger charge is -2.09. The van der Waals surface area contributed by atoms with Crippen molar-refractivity contribution in [3.05, 3.63) is 77.4 Å². The van der Waals surface area contributed by atoms with E-state index in [0.717, 1.165) is 16.9 Å². The number of anilines is 3. The Bertz CT molecular complexity index is 863. The van der Waals surface area contributed by atoms with Gasteiger partial charge in [-0.2, -0.15) is 0 Å². The number of aromatic nitrogens is 1. The van der Waals surface area contributed by atoms with Crippen LogP contribution in [-0.2, 0) is 4.79 Å². The highest BCUT2D eigenvalue weighted by atomic mass is 35.5. The molecule has 132 valence electrons. The molecular formula is C20H18ClN3O2. The molecule has 3 rings (SSSR count). The summed E-state index contributed by atoms with van der Waals surface area (Å²) in [6, 6.07) is 18.4. The third-order valence-electron chi connectivity index (χ3n) is 3.55. The van der Waals surface area contributed by atoms with Gasteiger partial charge in [0.2, 0.25) is 0 Å². The molecule has 3 aromatic rings. The maximum atomic E-state index is 12.0. The van der Waals surface area contributed by atoms with Gasteiger partial charge < -0.3 is 15.4 Å². The fraction of sp³-hybridized carbons (Fsp3) is 0.100. The standard InChI is InChI=1S/C20H18ClN3O2/c1-14-2-9-18(10-3-14)26-13-20(25)24-19-11-8-17(12-22-19)23-16-6-4-15(21)5-7-16/h2-12,23H,13H2,1H3,(H,22,24,25). The second-order valence-corrected chi connectivity index (χ2v) is 6.15. The van der Waals surface area contributed by atoms with Gasteiger partial charge >= 0.3 is 0 Å². The van der Waals surface area contributed by atoms with E-state index in [1.54, 1.807) is 24.4 Å². The predicted octanol–water partition coefficient (Wildman–Crippen LogP) is 4.80. The van der Waals surface area contributed by atoms with E-state index in [9.17, 15) is 4.79 Å². The van der Waals surface area contributed by atoms with Crippen LogP contribution in [0.4, 0.5) is 17.2 Å². The average molecular weight is 368 g/mol. The molecule has 0 saturated heterocycles. The van der Waals surface area contributed by atoms with Crippen LogP contribution in [0.2, 0.25) is 5.02 Å². The summed E-state index contributed by atoms with van der Waals surface area (Å²) in [5.74, 6) is 0.849. The van der Waals surface area contributed by atoms with Gasteiger partial charge in [-0.25, -0.2) is 4.98 Å². The quantitative estimate of drug-likeness (QED) is 0.656. The van der Waals surface area contributed by atoms with E-state index in [0.29, 0.717) is 16.6 Å². The van der Waals surface area contributed by atoms with Crippen molar-refractivity contribution in [2.45, 2.75) is 6.92 Å². The van der Waals surface area contributed by atoms with Crippen LogP contribution >= 0.6 is 11.6 Å². The summed E-state index contributed by atoms with van der Waals surface area (Å²) in [5.41, 5.74) is 2.85.